The van der Waals surface area contributed by atoms with Gasteiger partial charge in [-0.15, -0.1) is 0 Å². The first-order valence-electron chi connectivity index (χ1n) is 7.68. The van der Waals surface area contributed by atoms with Crippen LogP contribution < -0.4 is 5.32 Å². The molecule has 21 heavy (non-hydrogen) atoms. The van der Waals surface area contributed by atoms with Crippen molar-refractivity contribution in [3.63, 3.8) is 0 Å². The van der Waals surface area contributed by atoms with Crippen LogP contribution in [0, 0.1) is 13.8 Å². The molecule has 1 aliphatic rings. The molecule has 0 spiro atoms. The molecule has 2 heterocycles. The molecule has 3 rings (SSSR count). The summed E-state index contributed by atoms with van der Waals surface area (Å²) in [7, 11) is 1.87. The normalized spacial score (nSPS) is 16.3. The number of aromatic nitrogens is 3. The fraction of sp³-hybridized carbons (Fsp3) is 0.562. The summed E-state index contributed by atoms with van der Waals surface area (Å²) in [6, 6.07) is 2.18. The standard InChI is InChI=1S/C16H22N4O/c1-10-9-13(14-11(2)19-20(3)15(14)17-10)16(21)18-12-7-5-4-6-8-12/h9,12H,4-8H2,1-3H3,(H,18,21). The molecule has 1 saturated carbocycles. The zero-order valence-electron chi connectivity index (χ0n) is 12.9. The van der Waals surface area contributed by atoms with Crippen molar-refractivity contribution in [2.75, 3.05) is 0 Å². The maximum atomic E-state index is 12.7. The maximum absolute atomic E-state index is 12.7. The van der Waals surface area contributed by atoms with Gasteiger partial charge in [0.1, 0.15) is 0 Å². The highest BCUT2D eigenvalue weighted by Crippen LogP contribution is 2.23. The third-order valence-electron chi connectivity index (χ3n) is 4.28. The number of amides is 1. The lowest BCUT2D eigenvalue weighted by atomic mass is 9.95. The van der Waals surface area contributed by atoms with E-state index >= 15 is 0 Å². The molecule has 1 aliphatic carbocycles. The van der Waals surface area contributed by atoms with Crippen LogP contribution in [0.1, 0.15) is 53.8 Å². The van der Waals surface area contributed by atoms with E-state index in [-0.39, 0.29) is 5.91 Å². The Morgan fingerprint density at radius 1 is 1.29 bits per heavy atom. The molecule has 5 heteroatoms. The second-order valence-electron chi connectivity index (χ2n) is 6.03. The van der Waals surface area contributed by atoms with Gasteiger partial charge < -0.3 is 5.32 Å². The molecule has 0 saturated heterocycles. The number of nitrogens with one attached hydrogen (secondary N) is 1. The van der Waals surface area contributed by atoms with Gasteiger partial charge in [0.25, 0.3) is 5.91 Å². The average Bonchev–Trinajstić information content (AvgIpc) is 2.74. The van der Waals surface area contributed by atoms with Crippen LogP contribution >= 0.6 is 0 Å². The summed E-state index contributed by atoms with van der Waals surface area (Å²) >= 11 is 0. The Hall–Kier alpha value is -1.91. The van der Waals surface area contributed by atoms with Crippen molar-refractivity contribution in [2.24, 2.45) is 7.05 Å². The van der Waals surface area contributed by atoms with E-state index in [9.17, 15) is 4.79 Å². The molecular formula is C16H22N4O. The minimum atomic E-state index is 0.00787. The summed E-state index contributed by atoms with van der Waals surface area (Å²) in [4.78, 5) is 17.2. The van der Waals surface area contributed by atoms with Crippen molar-refractivity contribution in [1.29, 1.82) is 0 Å². The average molecular weight is 286 g/mol. The molecule has 0 atom stereocenters. The highest BCUT2D eigenvalue weighted by molar-refractivity contribution is 6.06. The molecule has 1 N–H and O–H groups in total. The van der Waals surface area contributed by atoms with Gasteiger partial charge in [0.05, 0.1) is 16.6 Å². The summed E-state index contributed by atoms with van der Waals surface area (Å²) in [5, 5.41) is 8.45. The van der Waals surface area contributed by atoms with Gasteiger partial charge in [0.15, 0.2) is 5.65 Å². The molecule has 2 aromatic rings. The van der Waals surface area contributed by atoms with E-state index in [0.29, 0.717) is 11.6 Å². The number of hydrogen-bond acceptors (Lipinski definition) is 3. The first-order valence-corrected chi connectivity index (χ1v) is 7.68. The van der Waals surface area contributed by atoms with Crippen molar-refractivity contribution >= 4 is 16.9 Å². The SMILES string of the molecule is Cc1cc(C(=O)NC2CCCCC2)c2c(C)nn(C)c2n1. The molecule has 0 aliphatic heterocycles. The fourth-order valence-electron chi connectivity index (χ4n) is 3.26. The fourth-order valence-corrected chi connectivity index (χ4v) is 3.26. The molecular weight excluding hydrogens is 264 g/mol. The lowest BCUT2D eigenvalue weighted by Crippen LogP contribution is -2.36. The molecule has 0 aromatic carbocycles. The van der Waals surface area contributed by atoms with Crippen LogP contribution in [0.5, 0.6) is 0 Å². The van der Waals surface area contributed by atoms with E-state index in [1.807, 2.05) is 27.0 Å². The Morgan fingerprint density at radius 2 is 2.00 bits per heavy atom. The third-order valence-corrected chi connectivity index (χ3v) is 4.28. The predicted molar refractivity (Wildman–Crippen MR) is 82.3 cm³/mol. The van der Waals surface area contributed by atoms with E-state index in [4.69, 9.17) is 0 Å². The second-order valence-corrected chi connectivity index (χ2v) is 6.03. The van der Waals surface area contributed by atoms with Crippen molar-refractivity contribution in [3.05, 3.63) is 23.0 Å². The van der Waals surface area contributed by atoms with Crippen LogP contribution in [0.3, 0.4) is 0 Å². The molecule has 112 valence electrons. The number of aryl methyl sites for hydroxylation is 3. The number of rotatable bonds is 2. The minimum absolute atomic E-state index is 0.00787. The first kappa shape index (κ1) is 14.0. The number of carbonyl (C=O) groups excluding carboxylic acids is 1. The van der Waals surface area contributed by atoms with Crippen LogP contribution in [0.25, 0.3) is 11.0 Å². The highest BCUT2D eigenvalue weighted by Gasteiger charge is 2.21. The van der Waals surface area contributed by atoms with Crippen LogP contribution in [-0.2, 0) is 7.05 Å². The zero-order chi connectivity index (χ0) is 15.0. The maximum Gasteiger partial charge on any atom is 0.252 e. The van der Waals surface area contributed by atoms with Gasteiger partial charge in [-0.25, -0.2) is 4.98 Å². The molecule has 0 unspecified atom stereocenters. The summed E-state index contributed by atoms with van der Waals surface area (Å²) in [6.07, 6.45) is 5.88. The molecule has 5 nitrogen and oxygen atoms in total. The Kier molecular flexibility index (Phi) is 3.66. The molecule has 0 radical (unpaired) electrons. The number of hydrogen-bond donors (Lipinski definition) is 1. The minimum Gasteiger partial charge on any atom is -0.349 e. The van der Waals surface area contributed by atoms with Crippen LogP contribution in [-0.4, -0.2) is 26.7 Å². The lowest BCUT2D eigenvalue weighted by molar-refractivity contribution is 0.0929. The van der Waals surface area contributed by atoms with Crippen molar-refractivity contribution in [3.8, 4) is 0 Å². The molecule has 1 fully saturated rings. The van der Waals surface area contributed by atoms with Crippen molar-refractivity contribution < 1.29 is 4.79 Å². The third kappa shape index (κ3) is 2.64. The summed E-state index contributed by atoms with van der Waals surface area (Å²) in [6.45, 7) is 3.84. The van der Waals surface area contributed by atoms with E-state index in [2.05, 4.69) is 15.4 Å². The Balaban J connectivity index is 1.97. The Morgan fingerprint density at radius 3 is 2.71 bits per heavy atom. The largest absolute Gasteiger partial charge is 0.349 e. The van der Waals surface area contributed by atoms with Gasteiger partial charge >= 0.3 is 0 Å². The predicted octanol–water partition coefficient (Wildman–Crippen LogP) is 2.65. The second kappa shape index (κ2) is 5.47. The quantitative estimate of drug-likeness (QED) is 0.923. The molecule has 1 amide bonds. The zero-order valence-corrected chi connectivity index (χ0v) is 12.9. The van der Waals surface area contributed by atoms with Gasteiger partial charge in [0.2, 0.25) is 0 Å². The first-order chi connectivity index (χ1) is 10.1. The Bertz CT molecular complexity index is 683. The van der Waals surface area contributed by atoms with Crippen LogP contribution in [0.2, 0.25) is 0 Å². The highest BCUT2D eigenvalue weighted by atomic mass is 16.1. The van der Waals surface area contributed by atoms with Gasteiger partial charge in [-0.05, 0) is 32.8 Å². The van der Waals surface area contributed by atoms with E-state index in [0.717, 1.165) is 35.3 Å². The van der Waals surface area contributed by atoms with Crippen molar-refractivity contribution in [1.82, 2.24) is 20.1 Å². The van der Waals surface area contributed by atoms with Gasteiger partial charge in [-0.1, -0.05) is 19.3 Å². The van der Waals surface area contributed by atoms with E-state index < -0.39 is 0 Å². The Labute approximate surface area is 124 Å². The van der Waals surface area contributed by atoms with Crippen LogP contribution in [0.4, 0.5) is 0 Å². The van der Waals surface area contributed by atoms with Gasteiger partial charge in [-0.3, -0.25) is 9.48 Å². The van der Waals surface area contributed by atoms with Gasteiger partial charge in [-0.2, -0.15) is 5.10 Å². The summed E-state index contributed by atoms with van der Waals surface area (Å²) < 4.78 is 1.75. The topological polar surface area (TPSA) is 59.8 Å². The lowest BCUT2D eigenvalue weighted by Gasteiger charge is -2.23. The molecule has 0 bridgehead atoms. The number of carbonyl (C=O) groups is 1. The van der Waals surface area contributed by atoms with Gasteiger partial charge in [0, 0.05) is 18.8 Å². The summed E-state index contributed by atoms with van der Waals surface area (Å²) in [5.41, 5.74) is 3.18. The smallest absolute Gasteiger partial charge is 0.252 e. The number of nitrogens with zero attached hydrogens (tertiary/aromatic N) is 3. The number of fused-ring (bicyclic) bond motifs is 1. The monoisotopic (exact) mass is 286 g/mol. The van der Waals surface area contributed by atoms with Crippen LogP contribution in [0.15, 0.2) is 6.07 Å². The summed E-state index contributed by atoms with van der Waals surface area (Å²) in [5.74, 6) is 0.00787. The number of pyridine rings is 1. The molecule has 2 aromatic heterocycles. The van der Waals surface area contributed by atoms with E-state index in [1.165, 1.54) is 19.3 Å². The van der Waals surface area contributed by atoms with Crippen molar-refractivity contribution in [2.45, 2.75) is 52.0 Å². The van der Waals surface area contributed by atoms with E-state index in [1.54, 1.807) is 4.68 Å².